The van der Waals surface area contributed by atoms with Crippen LogP contribution in [0.1, 0.15) is 42.6 Å². The van der Waals surface area contributed by atoms with Crippen LogP contribution in [0.3, 0.4) is 0 Å². The van der Waals surface area contributed by atoms with Gasteiger partial charge in [0.2, 0.25) is 0 Å². The molecule has 8 heteroatoms. The first kappa shape index (κ1) is 17.3. The number of nitrogens with one attached hydrogen (secondary N) is 2. The van der Waals surface area contributed by atoms with Gasteiger partial charge in [0.05, 0.1) is 5.69 Å². The van der Waals surface area contributed by atoms with Crippen molar-refractivity contribution in [1.82, 2.24) is 25.3 Å². The monoisotopic (exact) mass is 344 g/mol. The highest BCUT2D eigenvalue weighted by Gasteiger charge is 2.31. The Balaban J connectivity index is 1.60. The summed E-state index contributed by atoms with van der Waals surface area (Å²) in [6.45, 7) is 6.81. The molecule has 3 rings (SSSR count). The molecule has 1 amide bonds. The lowest BCUT2D eigenvalue weighted by molar-refractivity contribution is 0.0858. The van der Waals surface area contributed by atoms with Gasteiger partial charge in [-0.05, 0) is 38.5 Å². The number of aryl methyl sites for hydroxylation is 1. The third-order valence-corrected chi connectivity index (χ3v) is 4.33. The number of carbonyl (C=O) groups excluding carboxylic acids is 1. The van der Waals surface area contributed by atoms with Gasteiger partial charge in [-0.25, -0.2) is 0 Å². The number of rotatable bonds is 7. The Morgan fingerprint density at radius 1 is 1.32 bits per heavy atom. The molecule has 2 aromatic heterocycles. The fraction of sp³-hybridized carbons (Fsp3) is 0.529. The van der Waals surface area contributed by atoms with Gasteiger partial charge in [-0.15, -0.1) is 10.2 Å². The average Bonchev–Trinajstić information content (AvgIpc) is 3.28. The van der Waals surface area contributed by atoms with Gasteiger partial charge in [0.1, 0.15) is 11.9 Å². The molecule has 8 nitrogen and oxygen atoms in total. The highest BCUT2D eigenvalue weighted by Crippen LogP contribution is 2.34. The number of hydrogen-bond donors (Lipinski definition) is 2. The van der Waals surface area contributed by atoms with Gasteiger partial charge < -0.3 is 15.4 Å². The number of hydrogen-bond acceptors (Lipinski definition) is 6. The van der Waals surface area contributed by atoms with Crippen LogP contribution in [0.2, 0.25) is 0 Å². The summed E-state index contributed by atoms with van der Waals surface area (Å²) in [5.41, 5.74) is 1.44. The summed E-state index contributed by atoms with van der Waals surface area (Å²) >= 11 is 0. The zero-order chi connectivity index (χ0) is 17.6. The molecule has 1 saturated heterocycles. The lowest BCUT2D eigenvalue weighted by atomic mass is 9.99. The average molecular weight is 344 g/mol. The first-order valence-corrected chi connectivity index (χ1v) is 8.72. The molecule has 3 heterocycles. The molecule has 1 fully saturated rings. The Hall–Kier alpha value is -2.48. The highest BCUT2D eigenvalue weighted by atomic mass is 16.5. The first-order chi connectivity index (χ1) is 12.2. The molecular weight excluding hydrogens is 320 g/mol. The maximum Gasteiger partial charge on any atom is 0.271 e. The molecule has 2 N–H and O–H groups in total. The zero-order valence-corrected chi connectivity index (χ0v) is 14.6. The number of aromatic nitrogens is 4. The van der Waals surface area contributed by atoms with Gasteiger partial charge in [0.25, 0.3) is 5.91 Å². The SMILES string of the molecule is CCNC(=O)c1ccc(NC[C@@H]2CCO[C@H]2c2ccnn2CC)nn1. The third-order valence-electron chi connectivity index (χ3n) is 4.33. The second-order valence-corrected chi connectivity index (χ2v) is 5.96. The molecule has 0 bridgehead atoms. The van der Waals surface area contributed by atoms with E-state index in [1.54, 1.807) is 12.1 Å². The van der Waals surface area contributed by atoms with Crippen LogP contribution >= 0.6 is 0 Å². The summed E-state index contributed by atoms with van der Waals surface area (Å²) in [5, 5.41) is 18.4. The second kappa shape index (κ2) is 8.06. The molecular formula is C17H24N6O2. The third kappa shape index (κ3) is 3.96. The van der Waals surface area contributed by atoms with Gasteiger partial charge in [-0.3, -0.25) is 9.48 Å². The smallest absolute Gasteiger partial charge is 0.271 e. The summed E-state index contributed by atoms with van der Waals surface area (Å²) in [4.78, 5) is 11.7. The molecule has 0 spiro atoms. The number of amides is 1. The standard InChI is InChI=1S/C17H24N6O2/c1-3-18-17(24)13-5-6-15(22-21-13)19-11-12-8-10-25-16(12)14-7-9-20-23(14)4-2/h5-7,9,12,16H,3-4,8,10-11H2,1-2H3,(H,18,24)(H,19,22)/t12-,16+/m0/s1. The van der Waals surface area contributed by atoms with Crippen molar-refractivity contribution in [3.8, 4) is 0 Å². The van der Waals surface area contributed by atoms with Gasteiger partial charge in [-0.2, -0.15) is 5.10 Å². The minimum Gasteiger partial charge on any atom is -0.372 e. The van der Waals surface area contributed by atoms with Crippen molar-refractivity contribution in [2.45, 2.75) is 32.9 Å². The van der Waals surface area contributed by atoms with E-state index in [-0.39, 0.29) is 12.0 Å². The van der Waals surface area contributed by atoms with Gasteiger partial charge in [0, 0.05) is 38.4 Å². The molecule has 0 unspecified atom stereocenters. The molecule has 0 aliphatic carbocycles. The van der Waals surface area contributed by atoms with E-state index in [4.69, 9.17) is 4.74 Å². The van der Waals surface area contributed by atoms with Crippen molar-refractivity contribution >= 4 is 11.7 Å². The Labute approximate surface area is 147 Å². The molecule has 1 aliphatic heterocycles. The maximum absolute atomic E-state index is 11.7. The summed E-state index contributed by atoms with van der Waals surface area (Å²) in [6.07, 6.45) is 2.84. The van der Waals surface area contributed by atoms with E-state index in [1.165, 1.54) is 0 Å². The van der Waals surface area contributed by atoms with E-state index in [9.17, 15) is 4.79 Å². The van der Waals surface area contributed by atoms with Crippen molar-refractivity contribution in [1.29, 1.82) is 0 Å². The summed E-state index contributed by atoms with van der Waals surface area (Å²) in [7, 11) is 0. The molecule has 2 aromatic rings. The van der Waals surface area contributed by atoms with E-state index < -0.39 is 0 Å². The van der Waals surface area contributed by atoms with Gasteiger partial charge in [-0.1, -0.05) is 0 Å². The fourth-order valence-electron chi connectivity index (χ4n) is 3.05. The Morgan fingerprint density at radius 3 is 2.92 bits per heavy atom. The quantitative estimate of drug-likeness (QED) is 0.793. The topological polar surface area (TPSA) is 94.0 Å². The van der Waals surface area contributed by atoms with Crippen molar-refractivity contribution in [2.75, 3.05) is 25.0 Å². The summed E-state index contributed by atoms with van der Waals surface area (Å²) in [5.74, 6) is 0.785. The molecule has 134 valence electrons. The largest absolute Gasteiger partial charge is 0.372 e. The normalized spacial score (nSPS) is 19.8. The van der Waals surface area contributed by atoms with Crippen LogP contribution in [-0.2, 0) is 11.3 Å². The molecule has 2 atom stereocenters. The van der Waals surface area contributed by atoms with E-state index in [0.717, 1.165) is 31.8 Å². The van der Waals surface area contributed by atoms with Crippen LogP contribution < -0.4 is 10.6 Å². The molecule has 1 aliphatic rings. The molecule has 25 heavy (non-hydrogen) atoms. The Morgan fingerprint density at radius 2 is 2.20 bits per heavy atom. The van der Waals surface area contributed by atoms with Crippen molar-refractivity contribution < 1.29 is 9.53 Å². The molecule has 0 radical (unpaired) electrons. The van der Waals surface area contributed by atoms with Crippen molar-refractivity contribution in [3.05, 3.63) is 35.8 Å². The first-order valence-electron chi connectivity index (χ1n) is 8.72. The number of carbonyl (C=O) groups is 1. The van der Waals surface area contributed by atoms with Crippen LogP contribution in [0.4, 0.5) is 5.82 Å². The number of anilines is 1. The minimum atomic E-state index is -0.210. The predicted octanol–water partition coefficient (Wildman–Crippen LogP) is 1.63. The van der Waals surface area contributed by atoms with Crippen molar-refractivity contribution in [2.24, 2.45) is 5.92 Å². The van der Waals surface area contributed by atoms with Crippen molar-refractivity contribution in [3.63, 3.8) is 0 Å². The predicted molar refractivity (Wildman–Crippen MR) is 93.2 cm³/mol. The van der Waals surface area contributed by atoms with Crippen LogP contribution in [-0.4, -0.2) is 45.6 Å². The molecule has 0 saturated carbocycles. The van der Waals surface area contributed by atoms with Crippen LogP contribution in [0.5, 0.6) is 0 Å². The van der Waals surface area contributed by atoms with E-state index in [1.807, 2.05) is 23.9 Å². The van der Waals surface area contributed by atoms with E-state index >= 15 is 0 Å². The number of nitrogens with zero attached hydrogens (tertiary/aromatic N) is 4. The maximum atomic E-state index is 11.7. The molecule has 0 aromatic carbocycles. The lowest BCUT2D eigenvalue weighted by Gasteiger charge is -2.20. The van der Waals surface area contributed by atoms with Gasteiger partial charge >= 0.3 is 0 Å². The fourth-order valence-corrected chi connectivity index (χ4v) is 3.05. The lowest BCUT2D eigenvalue weighted by Crippen LogP contribution is -2.24. The Bertz CT molecular complexity index is 699. The van der Waals surface area contributed by atoms with E-state index in [2.05, 4.69) is 32.9 Å². The van der Waals surface area contributed by atoms with E-state index in [0.29, 0.717) is 24.0 Å². The van der Waals surface area contributed by atoms with Gasteiger partial charge in [0.15, 0.2) is 5.69 Å². The minimum absolute atomic E-state index is 0.0394. The highest BCUT2D eigenvalue weighted by molar-refractivity contribution is 5.92. The second-order valence-electron chi connectivity index (χ2n) is 5.96. The summed E-state index contributed by atoms with van der Waals surface area (Å²) in [6, 6.07) is 5.47. The Kier molecular flexibility index (Phi) is 5.60. The van der Waals surface area contributed by atoms with Crippen LogP contribution in [0.25, 0.3) is 0 Å². The summed E-state index contributed by atoms with van der Waals surface area (Å²) < 4.78 is 7.90. The van der Waals surface area contributed by atoms with Crippen LogP contribution in [0, 0.1) is 5.92 Å². The van der Waals surface area contributed by atoms with Crippen LogP contribution in [0.15, 0.2) is 24.4 Å². The zero-order valence-electron chi connectivity index (χ0n) is 14.6. The number of ether oxygens (including phenoxy) is 1.